The summed E-state index contributed by atoms with van der Waals surface area (Å²) in [6, 6.07) is 14.0. The number of hydrogen-bond acceptors (Lipinski definition) is 3. The Hall–Kier alpha value is -2.42. The number of rotatable bonds is 9. The smallest absolute Gasteiger partial charge is 0.161 e. The zero-order chi connectivity index (χ0) is 16.5. The van der Waals surface area contributed by atoms with E-state index in [-0.39, 0.29) is 0 Å². The van der Waals surface area contributed by atoms with Crippen molar-refractivity contribution in [1.82, 2.24) is 0 Å². The van der Waals surface area contributed by atoms with Crippen molar-refractivity contribution >= 4 is 0 Å². The van der Waals surface area contributed by atoms with Crippen LogP contribution in [0.1, 0.15) is 17.5 Å². The summed E-state index contributed by atoms with van der Waals surface area (Å²) in [6.45, 7) is 7.00. The van der Waals surface area contributed by atoms with Crippen LogP contribution in [0.15, 0.2) is 55.1 Å². The fourth-order valence-corrected chi connectivity index (χ4v) is 2.29. The second-order valence-corrected chi connectivity index (χ2v) is 5.31. The van der Waals surface area contributed by atoms with Gasteiger partial charge in [0.1, 0.15) is 5.75 Å². The molecule has 0 saturated heterocycles. The highest BCUT2D eigenvalue weighted by Gasteiger charge is 2.05. The van der Waals surface area contributed by atoms with Gasteiger partial charge in [-0.25, -0.2) is 0 Å². The molecule has 0 N–H and O–H groups in total. The van der Waals surface area contributed by atoms with Gasteiger partial charge in [0.15, 0.2) is 11.5 Å². The lowest BCUT2D eigenvalue weighted by Crippen LogP contribution is -2.06. The van der Waals surface area contributed by atoms with E-state index >= 15 is 0 Å². The van der Waals surface area contributed by atoms with Crippen LogP contribution in [0.3, 0.4) is 0 Å². The molecule has 0 aromatic heterocycles. The van der Waals surface area contributed by atoms with Crippen LogP contribution in [0.25, 0.3) is 0 Å². The Balaban J connectivity index is 1.79. The molecule has 3 nitrogen and oxygen atoms in total. The molecule has 122 valence electrons. The Morgan fingerprint density at radius 3 is 2.43 bits per heavy atom. The SMILES string of the molecule is C=CCc1ccccc1OCCCOc1ccc(C)cc1OC. The van der Waals surface area contributed by atoms with E-state index in [1.54, 1.807) is 7.11 Å². The first-order valence-corrected chi connectivity index (χ1v) is 7.83. The molecule has 2 rings (SSSR count). The lowest BCUT2D eigenvalue weighted by molar-refractivity contribution is 0.239. The molecule has 0 aliphatic carbocycles. The number of ether oxygens (including phenoxy) is 3. The third-order valence-corrected chi connectivity index (χ3v) is 3.46. The third kappa shape index (κ3) is 5.06. The minimum atomic E-state index is 0.586. The Labute approximate surface area is 138 Å². The molecule has 2 aromatic carbocycles. The molecule has 0 atom stereocenters. The van der Waals surface area contributed by atoms with E-state index in [9.17, 15) is 0 Å². The minimum absolute atomic E-state index is 0.586. The Morgan fingerprint density at radius 1 is 0.957 bits per heavy atom. The standard InChI is InChI=1S/C20H24O3/c1-4-8-17-9-5-6-10-18(17)22-13-7-14-23-19-12-11-16(2)15-20(19)21-3/h4-6,9-12,15H,1,7-8,13-14H2,2-3H3. The number of hydrogen-bond donors (Lipinski definition) is 0. The summed E-state index contributed by atoms with van der Waals surface area (Å²) >= 11 is 0. The average Bonchev–Trinajstić information content (AvgIpc) is 2.57. The van der Waals surface area contributed by atoms with E-state index in [4.69, 9.17) is 14.2 Å². The highest BCUT2D eigenvalue weighted by molar-refractivity contribution is 5.42. The summed E-state index contributed by atoms with van der Waals surface area (Å²) in [5.74, 6) is 2.45. The zero-order valence-electron chi connectivity index (χ0n) is 13.9. The van der Waals surface area contributed by atoms with Gasteiger partial charge in [-0.3, -0.25) is 0 Å². The van der Waals surface area contributed by atoms with E-state index in [1.807, 2.05) is 49.4 Å². The maximum absolute atomic E-state index is 5.84. The van der Waals surface area contributed by atoms with E-state index in [0.29, 0.717) is 13.2 Å². The molecule has 0 heterocycles. The largest absolute Gasteiger partial charge is 0.493 e. The molecule has 0 aliphatic rings. The number of benzene rings is 2. The molecular formula is C20H24O3. The van der Waals surface area contributed by atoms with Crippen molar-refractivity contribution in [3.05, 3.63) is 66.2 Å². The summed E-state index contributed by atoms with van der Waals surface area (Å²) < 4.78 is 17.0. The summed E-state index contributed by atoms with van der Waals surface area (Å²) in [4.78, 5) is 0. The second kappa shape index (κ2) is 8.89. The number of aryl methyl sites for hydroxylation is 1. The molecule has 0 spiro atoms. The molecule has 0 amide bonds. The van der Waals surface area contributed by atoms with Gasteiger partial charge in [0.05, 0.1) is 20.3 Å². The first-order valence-electron chi connectivity index (χ1n) is 7.83. The topological polar surface area (TPSA) is 27.7 Å². The molecule has 23 heavy (non-hydrogen) atoms. The number of methoxy groups -OCH3 is 1. The maximum atomic E-state index is 5.84. The van der Waals surface area contributed by atoms with Gasteiger partial charge in [-0.1, -0.05) is 30.3 Å². The monoisotopic (exact) mass is 312 g/mol. The summed E-state index contributed by atoms with van der Waals surface area (Å²) in [5, 5.41) is 0. The van der Waals surface area contributed by atoms with Gasteiger partial charge in [-0.2, -0.15) is 0 Å². The van der Waals surface area contributed by atoms with Crippen molar-refractivity contribution in [1.29, 1.82) is 0 Å². The third-order valence-electron chi connectivity index (χ3n) is 3.46. The normalized spacial score (nSPS) is 10.2. The van der Waals surface area contributed by atoms with Crippen LogP contribution in [0.5, 0.6) is 17.2 Å². The van der Waals surface area contributed by atoms with Gasteiger partial charge in [-0.05, 0) is 42.7 Å². The lowest BCUT2D eigenvalue weighted by atomic mass is 10.1. The van der Waals surface area contributed by atoms with Crippen molar-refractivity contribution in [3.63, 3.8) is 0 Å². The molecule has 0 unspecified atom stereocenters. The number of allylic oxidation sites excluding steroid dienone is 1. The van der Waals surface area contributed by atoms with Gasteiger partial charge >= 0.3 is 0 Å². The molecule has 2 aromatic rings. The van der Waals surface area contributed by atoms with Gasteiger partial charge in [0.2, 0.25) is 0 Å². The fourth-order valence-electron chi connectivity index (χ4n) is 2.29. The fraction of sp³-hybridized carbons (Fsp3) is 0.300. The van der Waals surface area contributed by atoms with E-state index in [1.165, 1.54) is 0 Å². The van der Waals surface area contributed by atoms with Crippen molar-refractivity contribution in [2.75, 3.05) is 20.3 Å². The maximum Gasteiger partial charge on any atom is 0.161 e. The van der Waals surface area contributed by atoms with E-state index in [0.717, 1.165) is 41.2 Å². The van der Waals surface area contributed by atoms with Gasteiger partial charge in [-0.15, -0.1) is 6.58 Å². The van der Waals surface area contributed by atoms with Crippen LogP contribution in [0, 0.1) is 6.92 Å². The van der Waals surface area contributed by atoms with Crippen LogP contribution in [0.4, 0.5) is 0 Å². The Morgan fingerprint density at radius 2 is 1.70 bits per heavy atom. The van der Waals surface area contributed by atoms with Crippen molar-refractivity contribution in [2.24, 2.45) is 0 Å². The van der Waals surface area contributed by atoms with E-state index < -0.39 is 0 Å². The van der Waals surface area contributed by atoms with Crippen LogP contribution >= 0.6 is 0 Å². The molecule has 3 heteroatoms. The molecule has 0 aliphatic heterocycles. The van der Waals surface area contributed by atoms with Crippen molar-refractivity contribution in [2.45, 2.75) is 19.8 Å². The van der Waals surface area contributed by atoms with Gasteiger partial charge in [0, 0.05) is 6.42 Å². The Kier molecular flexibility index (Phi) is 6.55. The predicted octanol–water partition coefficient (Wildman–Crippen LogP) is 4.58. The molecular weight excluding hydrogens is 288 g/mol. The highest BCUT2D eigenvalue weighted by atomic mass is 16.5. The second-order valence-electron chi connectivity index (χ2n) is 5.31. The molecule has 0 saturated carbocycles. The lowest BCUT2D eigenvalue weighted by Gasteiger charge is -2.13. The Bertz CT molecular complexity index is 635. The van der Waals surface area contributed by atoms with E-state index in [2.05, 4.69) is 12.6 Å². The van der Waals surface area contributed by atoms with Crippen LogP contribution < -0.4 is 14.2 Å². The van der Waals surface area contributed by atoms with Crippen molar-refractivity contribution in [3.8, 4) is 17.2 Å². The quantitative estimate of drug-likeness (QED) is 0.501. The van der Waals surface area contributed by atoms with Crippen molar-refractivity contribution < 1.29 is 14.2 Å². The zero-order valence-corrected chi connectivity index (χ0v) is 13.9. The summed E-state index contributed by atoms with van der Waals surface area (Å²) in [7, 11) is 1.65. The average molecular weight is 312 g/mol. The van der Waals surface area contributed by atoms with Gasteiger partial charge in [0.25, 0.3) is 0 Å². The molecule has 0 radical (unpaired) electrons. The van der Waals surface area contributed by atoms with Crippen LogP contribution in [-0.4, -0.2) is 20.3 Å². The summed E-state index contributed by atoms with van der Waals surface area (Å²) in [5.41, 5.74) is 2.31. The first-order chi connectivity index (χ1) is 11.2. The first kappa shape index (κ1) is 16.9. The van der Waals surface area contributed by atoms with Crippen LogP contribution in [0.2, 0.25) is 0 Å². The highest BCUT2D eigenvalue weighted by Crippen LogP contribution is 2.27. The molecule has 0 bridgehead atoms. The van der Waals surface area contributed by atoms with Gasteiger partial charge < -0.3 is 14.2 Å². The minimum Gasteiger partial charge on any atom is -0.493 e. The predicted molar refractivity (Wildman–Crippen MR) is 93.7 cm³/mol. The summed E-state index contributed by atoms with van der Waals surface area (Å²) in [6.07, 6.45) is 3.50. The number of para-hydroxylation sites is 1. The molecule has 0 fully saturated rings. The van der Waals surface area contributed by atoms with Crippen LogP contribution in [-0.2, 0) is 6.42 Å².